The van der Waals surface area contributed by atoms with Crippen LogP contribution in [-0.4, -0.2) is 20.0 Å². The van der Waals surface area contributed by atoms with Gasteiger partial charge in [0, 0.05) is 14.2 Å². The number of halogens is 1. The highest BCUT2D eigenvalue weighted by Gasteiger charge is 2.45. The fraction of sp³-hybridized carbons (Fsp3) is 0.455. The lowest BCUT2D eigenvalue weighted by atomic mass is 10.0. The van der Waals surface area contributed by atoms with Crippen LogP contribution in [0.1, 0.15) is 12.5 Å². The van der Waals surface area contributed by atoms with Gasteiger partial charge in [0.1, 0.15) is 3.55 Å². The summed E-state index contributed by atoms with van der Waals surface area (Å²) in [4.78, 5) is 0. The number of benzene rings is 1. The van der Waals surface area contributed by atoms with Gasteiger partial charge in [-0.05, 0) is 12.5 Å². The first-order valence-corrected chi connectivity index (χ1v) is 5.69. The lowest BCUT2D eigenvalue weighted by molar-refractivity contribution is -0.212. The lowest BCUT2D eigenvalue weighted by Gasteiger charge is -2.39. The SMILES string of the molecule is COC(C)(OC)C(N)(I)c1ccccc1. The molecule has 2 N–H and O–H groups in total. The second kappa shape index (κ2) is 4.78. The highest BCUT2D eigenvalue weighted by molar-refractivity contribution is 14.1. The van der Waals surface area contributed by atoms with Crippen LogP contribution in [-0.2, 0) is 13.0 Å². The summed E-state index contributed by atoms with van der Waals surface area (Å²) in [5, 5.41) is 0. The summed E-state index contributed by atoms with van der Waals surface area (Å²) in [6, 6.07) is 9.77. The molecule has 0 radical (unpaired) electrons. The van der Waals surface area contributed by atoms with Crippen molar-refractivity contribution in [2.45, 2.75) is 16.3 Å². The summed E-state index contributed by atoms with van der Waals surface area (Å²) in [6.45, 7) is 1.83. The van der Waals surface area contributed by atoms with Crippen molar-refractivity contribution in [2.24, 2.45) is 5.73 Å². The van der Waals surface area contributed by atoms with E-state index in [1.807, 2.05) is 37.3 Å². The number of alkyl halides is 1. The molecule has 0 bridgehead atoms. The van der Waals surface area contributed by atoms with Crippen molar-refractivity contribution >= 4 is 22.6 Å². The van der Waals surface area contributed by atoms with Gasteiger partial charge in [-0.3, -0.25) is 0 Å². The van der Waals surface area contributed by atoms with Gasteiger partial charge in [0.25, 0.3) is 0 Å². The van der Waals surface area contributed by atoms with Crippen LogP contribution in [0.2, 0.25) is 0 Å². The van der Waals surface area contributed by atoms with Crippen LogP contribution in [0.5, 0.6) is 0 Å². The van der Waals surface area contributed by atoms with Crippen LogP contribution < -0.4 is 5.73 Å². The third-order valence-electron chi connectivity index (χ3n) is 2.63. The Morgan fingerprint density at radius 3 is 2.00 bits per heavy atom. The molecule has 1 atom stereocenters. The number of hydrogen-bond donors (Lipinski definition) is 1. The Morgan fingerprint density at radius 2 is 1.60 bits per heavy atom. The molecule has 15 heavy (non-hydrogen) atoms. The highest BCUT2D eigenvalue weighted by atomic mass is 127. The molecule has 0 saturated heterocycles. The van der Waals surface area contributed by atoms with E-state index in [1.165, 1.54) is 0 Å². The van der Waals surface area contributed by atoms with Crippen molar-refractivity contribution in [1.82, 2.24) is 0 Å². The average Bonchev–Trinajstić information content (AvgIpc) is 2.29. The highest BCUT2D eigenvalue weighted by Crippen LogP contribution is 2.39. The van der Waals surface area contributed by atoms with Crippen molar-refractivity contribution in [3.8, 4) is 0 Å². The molecule has 1 aromatic rings. The maximum atomic E-state index is 6.27. The van der Waals surface area contributed by atoms with E-state index in [-0.39, 0.29) is 0 Å². The molecule has 0 spiro atoms. The Labute approximate surface area is 104 Å². The molecule has 1 unspecified atom stereocenters. The van der Waals surface area contributed by atoms with E-state index in [4.69, 9.17) is 15.2 Å². The van der Waals surface area contributed by atoms with Crippen LogP contribution in [0, 0.1) is 0 Å². The van der Waals surface area contributed by atoms with E-state index in [0.29, 0.717) is 0 Å². The minimum absolute atomic E-state index is 0.727. The van der Waals surface area contributed by atoms with Gasteiger partial charge in [-0.25, -0.2) is 0 Å². The first-order valence-electron chi connectivity index (χ1n) is 4.61. The molecule has 1 rings (SSSR count). The predicted octanol–water partition coefficient (Wildman–Crippen LogP) is 2.24. The van der Waals surface area contributed by atoms with Gasteiger partial charge < -0.3 is 15.2 Å². The van der Waals surface area contributed by atoms with Crippen molar-refractivity contribution in [3.63, 3.8) is 0 Å². The standard InChI is InChI=1S/C11H16INO2/c1-10(14-2,15-3)11(12,13)9-7-5-4-6-8-9/h4-8H,13H2,1-3H3. The van der Waals surface area contributed by atoms with Crippen LogP contribution in [0.25, 0.3) is 0 Å². The molecule has 84 valence electrons. The van der Waals surface area contributed by atoms with Gasteiger partial charge in [-0.2, -0.15) is 0 Å². The molecule has 0 saturated carbocycles. The molecular formula is C11H16INO2. The molecule has 0 aliphatic carbocycles. The van der Waals surface area contributed by atoms with E-state index in [1.54, 1.807) is 14.2 Å². The van der Waals surface area contributed by atoms with E-state index in [9.17, 15) is 0 Å². The minimum atomic E-state index is -0.852. The normalized spacial score (nSPS) is 16.1. The van der Waals surface area contributed by atoms with Gasteiger partial charge in [0.2, 0.25) is 0 Å². The van der Waals surface area contributed by atoms with Crippen LogP contribution in [0.3, 0.4) is 0 Å². The maximum Gasteiger partial charge on any atom is 0.196 e. The Kier molecular flexibility index (Phi) is 4.11. The summed E-state index contributed by atoms with van der Waals surface area (Å²) < 4.78 is 9.98. The summed E-state index contributed by atoms with van der Waals surface area (Å²) >= 11 is 2.15. The molecule has 3 nitrogen and oxygen atoms in total. The summed E-state index contributed by atoms with van der Waals surface area (Å²) in [5.74, 6) is -0.852. The fourth-order valence-electron chi connectivity index (χ4n) is 1.32. The van der Waals surface area contributed by atoms with Gasteiger partial charge >= 0.3 is 0 Å². The fourth-order valence-corrected chi connectivity index (χ4v) is 2.12. The Hall–Kier alpha value is -0.170. The predicted molar refractivity (Wildman–Crippen MR) is 68.8 cm³/mol. The van der Waals surface area contributed by atoms with Gasteiger partial charge in [0.15, 0.2) is 5.79 Å². The van der Waals surface area contributed by atoms with Gasteiger partial charge in [-0.15, -0.1) is 0 Å². The molecule has 0 aliphatic rings. The number of methoxy groups -OCH3 is 2. The first-order chi connectivity index (χ1) is 6.98. The molecule has 0 fully saturated rings. The lowest BCUT2D eigenvalue weighted by Crippen LogP contribution is -2.54. The number of rotatable bonds is 4. The first kappa shape index (κ1) is 12.9. The molecular weight excluding hydrogens is 305 g/mol. The maximum absolute atomic E-state index is 6.27. The number of nitrogens with two attached hydrogens (primary N) is 1. The second-order valence-corrected chi connectivity index (χ2v) is 5.13. The number of ether oxygens (including phenoxy) is 2. The quantitative estimate of drug-likeness (QED) is 0.400. The third-order valence-corrected chi connectivity index (χ3v) is 4.24. The zero-order chi connectivity index (χ0) is 11.5. The molecule has 0 amide bonds. The number of hydrogen-bond acceptors (Lipinski definition) is 3. The van der Waals surface area contributed by atoms with Crippen molar-refractivity contribution in [3.05, 3.63) is 35.9 Å². The van der Waals surface area contributed by atoms with Crippen LogP contribution >= 0.6 is 22.6 Å². The monoisotopic (exact) mass is 321 g/mol. The summed E-state index contributed by atoms with van der Waals surface area (Å²) in [7, 11) is 3.18. The molecule has 1 aromatic carbocycles. The molecule has 0 aromatic heterocycles. The van der Waals surface area contributed by atoms with E-state index in [2.05, 4.69) is 22.6 Å². The average molecular weight is 321 g/mol. The van der Waals surface area contributed by atoms with Crippen molar-refractivity contribution < 1.29 is 9.47 Å². The summed E-state index contributed by atoms with van der Waals surface area (Å²) in [5.41, 5.74) is 7.24. The van der Waals surface area contributed by atoms with E-state index in [0.717, 1.165) is 5.56 Å². The van der Waals surface area contributed by atoms with Gasteiger partial charge in [0.05, 0.1) is 0 Å². The largest absolute Gasteiger partial charge is 0.351 e. The Morgan fingerprint density at radius 1 is 1.13 bits per heavy atom. The summed E-state index contributed by atoms with van der Waals surface area (Å²) in [6.07, 6.45) is 0. The van der Waals surface area contributed by atoms with Crippen molar-refractivity contribution in [1.29, 1.82) is 0 Å². The topological polar surface area (TPSA) is 44.5 Å². The Bertz CT molecular complexity index is 310. The van der Waals surface area contributed by atoms with Crippen LogP contribution in [0.4, 0.5) is 0 Å². The molecule has 0 heterocycles. The zero-order valence-corrected chi connectivity index (χ0v) is 11.3. The molecule has 0 aliphatic heterocycles. The second-order valence-electron chi connectivity index (χ2n) is 3.43. The smallest absolute Gasteiger partial charge is 0.196 e. The third kappa shape index (κ3) is 2.33. The van der Waals surface area contributed by atoms with E-state index >= 15 is 0 Å². The van der Waals surface area contributed by atoms with Crippen LogP contribution in [0.15, 0.2) is 30.3 Å². The molecule has 4 heteroatoms. The zero-order valence-electron chi connectivity index (χ0n) is 9.16. The van der Waals surface area contributed by atoms with Gasteiger partial charge in [-0.1, -0.05) is 52.9 Å². The van der Waals surface area contributed by atoms with E-state index < -0.39 is 9.33 Å². The Balaban J connectivity index is 3.12. The minimum Gasteiger partial charge on any atom is -0.351 e. The van der Waals surface area contributed by atoms with Crippen molar-refractivity contribution in [2.75, 3.05) is 14.2 Å².